The molecule has 3 saturated heterocycles. The molecule has 4 fully saturated rings. The van der Waals surface area contributed by atoms with Crippen LogP contribution in [0.25, 0.3) is 0 Å². The van der Waals surface area contributed by atoms with E-state index in [0.717, 1.165) is 75.2 Å². The third kappa shape index (κ3) is 9.35. The number of piperidine rings is 1. The number of amides is 3. The molecular formula is C41H52ClN7O5S. The maximum Gasteiger partial charge on any atom is 0.250 e. The van der Waals surface area contributed by atoms with Gasteiger partial charge in [0, 0.05) is 62.6 Å². The lowest BCUT2D eigenvalue weighted by molar-refractivity contribution is -0.140. The number of piperazine rings is 1. The molecule has 3 aromatic carbocycles. The van der Waals surface area contributed by atoms with Crippen molar-refractivity contribution in [3.63, 3.8) is 0 Å². The number of nitrogens with zero attached hydrogens (tertiary/aromatic N) is 4. The largest absolute Gasteiger partial charge is 0.352 e. The van der Waals surface area contributed by atoms with Gasteiger partial charge >= 0.3 is 0 Å². The van der Waals surface area contributed by atoms with Crippen LogP contribution in [-0.2, 0) is 37.4 Å². The zero-order valence-corrected chi connectivity index (χ0v) is 32.9. The van der Waals surface area contributed by atoms with E-state index < -0.39 is 21.6 Å². The van der Waals surface area contributed by atoms with Gasteiger partial charge in [-0.15, -0.1) is 0 Å². The first-order chi connectivity index (χ1) is 26.6. The Hall–Kier alpha value is -4.01. The van der Waals surface area contributed by atoms with E-state index in [-0.39, 0.29) is 61.4 Å². The highest BCUT2D eigenvalue weighted by molar-refractivity contribution is 7.89. The second kappa shape index (κ2) is 17.4. The topological polar surface area (TPSA) is 134 Å². The van der Waals surface area contributed by atoms with Crippen LogP contribution in [-0.4, -0.2) is 111 Å². The predicted molar refractivity (Wildman–Crippen MR) is 213 cm³/mol. The van der Waals surface area contributed by atoms with Crippen molar-refractivity contribution in [2.24, 2.45) is 0 Å². The average Bonchev–Trinajstić information content (AvgIpc) is 3.45. The number of carbonyl (C=O) groups is 3. The summed E-state index contributed by atoms with van der Waals surface area (Å²) < 4.78 is 30.5. The quantitative estimate of drug-likeness (QED) is 0.253. The molecule has 7 rings (SSSR count). The Labute approximate surface area is 329 Å². The van der Waals surface area contributed by atoms with Gasteiger partial charge in [-0.25, -0.2) is 8.42 Å². The fourth-order valence-electron chi connectivity index (χ4n) is 8.53. The van der Waals surface area contributed by atoms with E-state index in [2.05, 4.69) is 25.2 Å². The first-order valence-electron chi connectivity index (χ1n) is 19.6. The fraction of sp³-hybridized carbons (Fsp3) is 0.488. The Morgan fingerprint density at radius 3 is 2.18 bits per heavy atom. The van der Waals surface area contributed by atoms with Crippen LogP contribution in [0.2, 0.25) is 5.02 Å². The number of hydrogen-bond acceptors (Lipinski definition) is 8. The van der Waals surface area contributed by atoms with Crippen LogP contribution in [0.1, 0.15) is 56.1 Å². The van der Waals surface area contributed by atoms with Crippen molar-refractivity contribution in [3.05, 3.63) is 95.0 Å². The lowest BCUT2D eigenvalue weighted by Crippen LogP contribution is -2.59. The van der Waals surface area contributed by atoms with E-state index in [1.807, 2.05) is 42.5 Å². The van der Waals surface area contributed by atoms with Crippen molar-refractivity contribution in [2.75, 3.05) is 57.4 Å². The summed E-state index contributed by atoms with van der Waals surface area (Å²) in [6.45, 7) is 5.19. The zero-order valence-electron chi connectivity index (χ0n) is 31.3. The molecule has 12 nitrogen and oxygen atoms in total. The van der Waals surface area contributed by atoms with E-state index in [1.54, 1.807) is 46.2 Å². The molecule has 1 aliphatic carbocycles. The molecule has 1 atom stereocenters. The number of sulfonamides is 1. The molecule has 0 bridgehead atoms. The molecule has 3 N–H and O–H groups in total. The van der Waals surface area contributed by atoms with Crippen molar-refractivity contribution >= 4 is 45.0 Å². The minimum Gasteiger partial charge on any atom is -0.352 e. The number of hydrogen-bond donors (Lipinski definition) is 3. The van der Waals surface area contributed by atoms with E-state index in [9.17, 15) is 22.8 Å². The molecule has 14 heteroatoms. The van der Waals surface area contributed by atoms with Crippen LogP contribution in [0, 0.1) is 0 Å². The fourth-order valence-corrected chi connectivity index (χ4v) is 9.84. The van der Waals surface area contributed by atoms with Crippen LogP contribution >= 0.6 is 11.6 Å². The van der Waals surface area contributed by atoms with Crippen molar-refractivity contribution < 1.29 is 22.8 Å². The predicted octanol–water partition coefficient (Wildman–Crippen LogP) is 3.75. The Kier molecular flexibility index (Phi) is 12.4. The van der Waals surface area contributed by atoms with Crippen LogP contribution in [0.15, 0.2) is 83.8 Å². The summed E-state index contributed by atoms with van der Waals surface area (Å²) in [7, 11) is -4.08. The number of carbonyl (C=O) groups excluding carboxylic acids is 3. The molecule has 0 radical (unpaired) electrons. The first kappa shape index (κ1) is 39.2. The Morgan fingerprint density at radius 1 is 0.855 bits per heavy atom. The number of halogens is 1. The van der Waals surface area contributed by atoms with Crippen LogP contribution in [0.5, 0.6) is 0 Å². The SMILES string of the molecule is O=C(CN1CN(c2ccccc2)C2(CCN(C(=O)C(Cc3ccc(Cl)cc3)NS(=O)(=O)c3ccc(CN4CCNCC4)cc3)CC2)C1=O)NC1CCCCC1. The van der Waals surface area contributed by atoms with Gasteiger partial charge in [-0.05, 0) is 79.6 Å². The van der Waals surface area contributed by atoms with Crippen molar-refractivity contribution in [3.8, 4) is 0 Å². The molecule has 4 aliphatic rings. The highest BCUT2D eigenvalue weighted by Gasteiger charge is 2.54. The lowest BCUT2D eigenvalue weighted by Gasteiger charge is -2.44. The second-order valence-corrected chi connectivity index (χ2v) is 17.5. The zero-order chi connectivity index (χ0) is 38.4. The van der Waals surface area contributed by atoms with E-state index in [0.29, 0.717) is 17.9 Å². The molecule has 3 heterocycles. The highest BCUT2D eigenvalue weighted by Crippen LogP contribution is 2.39. The molecule has 1 spiro atoms. The third-order valence-corrected chi connectivity index (χ3v) is 13.3. The number of nitrogens with one attached hydrogen (secondary N) is 3. The first-order valence-corrected chi connectivity index (χ1v) is 21.4. The normalized spacial score (nSPS) is 20.2. The molecule has 1 unspecified atom stereocenters. The number of para-hydroxylation sites is 1. The van der Waals surface area contributed by atoms with Gasteiger partial charge < -0.3 is 25.3 Å². The van der Waals surface area contributed by atoms with E-state index in [1.165, 1.54) is 6.42 Å². The monoisotopic (exact) mass is 789 g/mol. The lowest BCUT2D eigenvalue weighted by atomic mass is 9.85. The van der Waals surface area contributed by atoms with Gasteiger partial charge in [0.15, 0.2) is 0 Å². The van der Waals surface area contributed by atoms with Crippen molar-refractivity contribution in [1.82, 2.24) is 30.1 Å². The minimum absolute atomic E-state index is 0.0231. The van der Waals surface area contributed by atoms with Gasteiger partial charge in [0.25, 0.3) is 5.91 Å². The number of rotatable bonds is 12. The van der Waals surface area contributed by atoms with Gasteiger partial charge in [0.1, 0.15) is 18.1 Å². The Morgan fingerprint density at radius 2 is 1.51 bits per heavy atom. The van der Waals surface area contributed by atoms with Gasteiger partial charge in [0.05, 0.1) is 11.6 Å². The van der Waals surface area contributed by atoms with Gasteiger partial charge in [-0.3, -0.25) is 19.3 Å². The van der Waals surface area contributed by atoms with Crippen LogP contribution in [0.4, 0.5) is 5.69 Å². The smallest absolute Gasteiger partial charge is 0.250 e. The van der Waals surface area contributed by atoms with Crippen LogP contribution in [0.3, 0.4) is 0 Å². The molecule has 294 valence electrons. The summed E-state index contributed by atoms with van der Waals surface area (Å²) >= 11 is 6.15. The van der Waals surface area contributed by atoms with Crippen LogP contribution < -0.4 is 20.3 Å². The second-order valence-electron chi connectivity index (χ2n) is 15.3. The summed E-state index contributed by atoms with van der Waals surface area (Å²) in [5.74, 6) is -0.630. The maximum absolute atomic E-state index is 14.4. The highest BCUT2D eigenvalue weighted by atomic mass is 35.5. The molecule has 1 saturated carbocycles. The number of benzene rings is 3. The van der Waals surface area contributed by atoms with Gasteiger partial charge in [0.2, 0.25) is 21.8 Å². The standard InChI is InChI=1S/C41H52ClN7O5S/c42-33-15-11-31(12-16-33)27-37(45-55(53,54)36-17-13-32(14-18-36)28-46-25-21-43-22-26-46)39(51)47-23-19-41(20-24-47)40(52)48(30-49(41)35-9-5-2-6-10-35)29-38(50)44-34-7-3-1-4-8-34/h2,5-6,9-18,34,37,43,45H,1,3-4,7-8,19-30H2,(H,44,50). The van der Waals surface area contributed by atoms with E-state index >= 15 is 0 Å². The molecule has 55 heavy (non-hydrogen) atoms. The molecule has 3 aliphatic heterocycles. The summed E-state index contributed by atoms with van der Waals surface area (Å²) in [4.78, 5) is 49.7. The summed E-state index contributed by atoms with van der Waals surface area (Å²) in [6.07, 6.45) is 6.09. The van der Waals surface area contributed by atoms with Crippen molar-refractivity contribution in [2.45, 2.75) is 80.4 Å². The van der Waals surface area contributed by atoms with Crippen molar-refractivity contribution in [1.29, 1.82) is 0 Å². The minimum atomic E-state index is -4.08. The number of anilines is 1. The molecule has 3 amide bonds. The Balaban J connectivity index is 1.06. The summed E-state index contributed by atoms with van der Waals surface area (Å²) in [5.41, 5.74) is 1.71. The average molecular weight is 790 g/mol. The molecule has 3 aromatic rings. The van der Waals surface area contributed by atoms with Gasteiger partial charge in [-0.1, -0.05) is 73.3 Å². The summed E-state index contributed by atoms with van der Waals surface area (Å²) in [6, 6.07) is 22.6. The van der Waals surface area contributed by atoms with E-state index in [4.69, 9.17) is 11.6 Å². The third-order valence-electron chi connectivity index (χ3n) is 11.6. The molecule has 0 aromatic heterocycles. The Bertz CT molecular complexity index is 1900. The summed E-state index contributed by atoms with van der Waals surface area (Å²) in [5, 5.41) is 7.03. The maximum atomic E-state index is 14.4. The molecular weight excluding hydrogens is 738 g/mol. The number of likely N-dealkylation sites (tertiary alicyclic amines) is 1. The van der Waals surface area contributed by atoms with Gasteiger partial charge in [-0.2, -0.15) is 4.72 Å².